The maximum Gasteiger partial charge on any atom is 0.133 e. The monoisotopic (exact) mass is 276 g/mol. The number of aryl methyl sites for hydroxylation is 1. The highest BCUT2D eigenvalue weighted by Gasteiger charge is 2.05. The van der Waals surface area contributed by atoms with Gasteiger partial charge in [-0.15, -0.1) is 11.8 Å². The topological polar surface area (TPSA) is 38.1 Å². The molecule has 4 heteroatoms. The van der Waals surface area contributed by atoms with Crippen LogP contribution in [0.15, 0.2) is 39.8 Å². The molecule has 3 nitrogen and oxygen atoms in total. The van der Waals surface area contributed by atoms with Gasteiger partial charge in [-0.25, -0.2) is 0 Å². The summed E-state index contributed by atoms with van der Waals surface area (Å²) in [6.45, 7) is 7.21. The quantitative estimate of drug-likeness (QED) is 0.811. The molecule has 2 aromatic rings. The normalized spacial score (nSPS) is 12.6. The third-order valence-electron chi connectivity index (χ3n) is 2.95. The van der Waals surface area contributed by atoms with E-state index in [2.05, 4.69) is 48.6 Å². The van der Waals surface area contributed by atoms with E-state index in [-0.39, 0.29) is 0 Å². The second-order valence-electron chi connectivity index (χ2n) is 4.57. The highest BCUT2D eigenvalue weighted by Crippen LogP contribution is 2.24. The van der Waals surface area contributed by atoms with Gasteiger partial charge in [0.2, 0.25) is 0 Å². The van der Waals surface area contributed by atoms with Crippen molar-refractivity contribution in [2.45, 2.75) is 37.5 Å². The van der Waals surface area contributed by atoms with Crippen LogP contribution in [0.1, 0.15) is 36.9 Å². The van der Waals surface area contributed by atoms with E-state index in [0.717, 1.165) is 23.8 Å². The number of rotatable bonds is 6. The Morgan fingerprint density at radius 2 is 2.05 bits per heavy atom. The van der Waals surface area contributed by atoms with Crippen LogP contribution in [0.4, 0.5) is 0 Å². The molecule has 0 spiro atoms. The standard InChI is InChI=1S/C15H20N2OS/c1-4-16-12(3)13-5-7-15(8-6-13)19-10-14-9-11(2)18-17-14/h5-9,12,16H,4,10H2,1-3H3. The van der Waals surface area contributed by atoms with E-state index in [9.17, 15) is 0 Å². The van der Waals surface area contributed by atoms with E-state index in [0.29, 0.717) is 6.04 Å². The van der Waals surface area contributed by atoms with Gasteiger partial charge >= 0.3 is 0 Å². The highest BCUT2D eigenvalue weighted by atomic mass is 32.2. The van der Waals surface area contributed by atoms with Gasteiger partial charge in [0.15, 0.2) is 0 Å². The van der Waals surface area contributed by atoms with Crippen molar-refractivity contribution < 1.29 is 4.52 Å². The number of hydrogen-bond donors (Lipinski definition) is 1. The maximum absolute atomic E-state index is 5.06. The molecule has 0 fully saturated rings. The average molecular weight is 276 g/mol. The van der Waals surface area contributed by atoms with Crippen molar-refractivity contribution in [2.24, 2.45) is 0 Å². The first-order valence-electron chi connectivity index (χ1n) is 6.57. The van der Waals surface area contributed by atoms with Gasteiger partial charge in [-0.05, 0) is 38.1 Å². The Labute approximate surface area is 118 Å². The number of thioether (sulfide) groups is 1. The molecule has 0 bridgehead atoms. The highest BCUT2D eigenvalue weighted by molar-refractivity contribution is 7.98. The van der Waals surface area contributed by atoms with Crippen molar-refractivity contribution in [1.82, 2.24) is 10.5 Å². The van der Waals surface area contributed by atoms with E-state index < -0.39 is 0 Å². The third-order valence-corrected chi connectivity index (χ3v) is 4.00. The Morgan fingerprint density at radius 1 is 1.32 bits per heavy atom. The molecule has 0 radical (unpaired) electrons. The van der Waals surface area contributed by atoms with Crippen molar-refractivity contribution in [3.8, 4) is 0 Å². The van der Waals surface area contributed by atoms with Crippen LogP contribution < -0.4 is 5.32 Å². The van der Waals surface area contributed by atoms with Crippen LogP contribution in [0.2, 0.25) is 0 Å². The first-order valence-corrected chi connectivity index (χ1v) is 7.56. The van der Waals surface area contributed by atoms with Crippen molar-refractivity contribution in [3.63, 3.8) is 0 Å². The molecule has 0 aliphatic rings. The van der Waals surface area contributed by atoms with E-state index in [1.54, 1.807) is 11.8 Å². The summed E-state index contributed by atoms with van der Waals surface area (Å²) in [4.78, 5) is 1.26. The van der Waals surface area contributed by atoms with Gasteiger partial charge in [0.1, 0.15) is 5.76 Å². The van der Waals surface area contributed by atoms with Gasteiger partial charge in [0.25, 0.3) is 0 Å². The first-order chi connectivity index (χ1) is 9.19. The fourth-order valence-electron chi connectivity index (χ4n) is 1.92. The lowest BCUT2D eigenvalue weighted by Gasteiger charge is -2.12. The van der Waals surface area contributed by atoms with Gasteiger partial charge in [0.05, 0.1) is 5.69 Å². The number of nitrogens with zero attached hydrogens (tertiary/aromatic N) is 1. The Hall–Kier alpha value is -1.26. The molecule has 0 saturated carbocycles. The first kappa shape index (κ1) is 14.2. The Kier molecular flexibility index (Phi) is 5.05. The average Bonchev–Trinajstić information content (AvgIpc) is 2.83. The van der Waals surface area contributed by atoms with Gasteiger partial charge in [-0.3, -0.25) is 0 Å². The Balaban J connectivity index is 1.91. The fraction of sp³-hybridized carbons (Fsp3) is 0.400. The van der Waals surface area contributed by atoms with Crippen LogP contribution in [-0.2, 0) is 5.75 Å². The number of aromatic nitrogens is 1. The summed E-state index contributed by atoms with van der Waals surface area (Å²) >= 11 is 1.78. The fourth-order valence-corrected chi connectivity index (χ4v) is 2.70. The summed E-state index contributed by atoms with van der Waals surface area (Å²) in [5.41, 5.74) is 2.32. The molecule has 102 valence electrons. The summed E-state index contributed by atoms with van der Waals surface area (Å²) < 4.78 is 5.06. The molecule has 2 rings (SSSR count). The van der Waals surface area contributed by atoms with Gasteiger partial charge < -0.3 is 9.84 Å². The van der Waals surface area contributed by atoms with Crippen LogP contribution in [0.3, 0.4) is 0 Å². The van der Waals surface area contributed by atoms with Crippen LogP contribution in [0, 0.1) is 6.92 Å². The summed E-state index contributed by atoms with van der Waals surface area (Å²) in [5.74, 6) is 1.71. The Morgan fingerprint density at radius 3 is 2.63 bits per heavy atom. The van der Waals surface area contributed by atoms with Gasteiger partial charge in [0, 0.05) is 22.8 Å². The minimum absolute atomic E-state index is 0.405. The van der Waals surface area contributed by atoms with E-state index in [4.69, 9.17) is 4.52 Å². The van der Waals surface area contributed by atoms with Crippen molar-refractivity contribution >= 4 is 11.8 Å². The van der Waals surface area contributed by atoms with Crippen molar-refractivity contribution in [3.05, 3.63) is 47.3 Å². The maximum atomic E-state index is 5.06. The lowest BCUT2D eigenvalue weighted by molar-refractivity contribution is 0.393. The van der Waals surface area contributed by atoms with E-state index in [1.165, 1.54) is 10.5 Å². The molecule has 1 N–H and O–H groups in total. The molecule has 1 atom stereocenters. The van der Waals surface area contributed by atoms with Crippen molar-refractivity contribution in [1.29, 1.82) is 0 Å². The van der Waals surface area contributed by atoms with Crippen molar-refractivity contribution in [2.75, 3.05) is 6.54 Å². The number of hydrogen-bond acceptors (Lipinski definition) is 4. The molecule has 0 saturated heterocycles. The van der Waals surface area contributed by atoms with Gasteiger partial charge in [-0.2, -0.15) is 0 Å². The molecular weight excluding hydrogens is 256 g/mol. The summed E-state index contributed by atoms with van der Waals surface area (Å²) in [5, 5.41) is 7.41. The molecule has 1 aromatic heterocycles. The number of nitrogens with one attached hydrogen (secondary N) is 1. The predicted molar refractivity (Wildman–Crippen MR) is 79.3 cm³/mol. The minimum atomic E-state index is 0.405. The lowest BCUT2D eigenvalue weighted by atomic mass is 10.1. The van der Waals surface area contributed by atoms with Crippen LogP contribution >= 0.6 is 11.8 Å². The summed E-state index contributed by atoms with van der Waals surface area (Å²) in [7, 11) is 0. The molecule has 1 unspecified atom stereocenters. The van der Waals surface area contributed by atoms with Gasteiger partial charge in [-0.1, -0.05) is 24.2 Å². The molecule has 0 amide bonds. The van der Waals surface area contributed by atoms with Crippen LogP contribution in [-0.4, -0.2) is 11.7 Å². The Bertz CT molecular complexity index is 507. The summed E-state index contributed by atoms with van der Waals surface area (Å²) in [6.07, 6.45) is 0. The molecule has 0 aliphatic heterocycles. The second-order valence-corrected chi connectivity index (χ2v) is 5.61. The summed E-state index contributed by atoms with van der Waals surface area (Å²) in [6, 6.07) is 11.1. The lowest BCUT2D eigenvalue weighted by Crippen LogP contribution is -2.17. The van der Waals surface area contributed by atoms with E-state index in [1.807, 2.05) is 13.0 Å². The predicted octanol–water partition coefficient (Wildman–Crippen LogP) is 3.95. The SMILES string of the molecule is CCNC(C)c1ccc(SCc2cc(C)on2)cc1. The largest absolute Gasteiger partial charge is 0.361 e. The minimum Gasteiger partial charge on any atom is -0.361 e. The van der Waals surface area contributed by atoms with E-state index >= 15 is 0 Å². The number of benzene rings is 1. The zero-order chi connectivity index (χ0) is 13.7. The van der Waals surface area contributed by atoms with Crippen LogP contribution in [0.5, 0.6) is 0 Å². The smallest absolute Gasteiger partial charge is 0.133 e. The molecule has 0 aliphatic carbocycles. The molecule has 1 aromatic carbocycles. The molecule has 19 heavy (non-hydrogen) atoms. The molecule has 1 heterocycles. The van der Waals surface area contributed by atoms with Crippen LogP contribution in [0.25, 0.3) is 0 Å². The molecular formula is C15H20N2OS. The third kappa shape index (κ3) is 4.11. The second kappa shape index (κ2) is 6.78. The zero-order valence-corrected chi connectivity index (χ0v) is 12.5. The zero-order valence-electron chi connectivity index (χ0n) is 11.6.